The average molecular weight is 407 g/mol. The number of hydrogen-bond acceptors (Lipinski definition) is 6. The van der Waals surface area contributed by atoms with Crippen LogP contribution in [-0.2, 0) is 16.7 Å². The van der Waals surface area contributed by atoms with Crippen LogP contribution in [-0.4, -0.2) is 29.2 Å². The van der Waals surface area contributed by atoms with E-state index in [1.807, 2.05) is 19.1 Å². The molecule has 146 valence electrons. The molecule has 0 fully saturated rings. The van der Waals surface area contributed by atoms with Crippen molar-refractivity contribution in [2.24, 2.45) is 0 Å². The number of carbonyl (C=O) groups is 1. The van der Waals surface area contributed by atoms with Gasteiger partial charge in [-0.15, -0.1) is 0 Å². The van der Waals surface area contributed by atoms with Crippen molar-refractivity contribution in [3.63, 3.8) is 0 Å². The Kier molecular flexibility index (Phi) is 4.85. The highest BCUT2D eigenvalue weighted by molar-refractivity contribution is 7.87. The van der Waals surface area contributed by atoms with Crippen LogP contribution in [0.3, 0.4) is 0 Å². The fourth-order valence-corrected chi connectivity index (χ4v) is 3.78. The summed E-state index contributed by atoms with van der Waals surface area (Å²) in [4.78, 5) is 14.1. The van der Waals surface area contributed by atoms with E-state index in [0.29, 0.717) is 11.0 Å². The average Bonchev–Trinajstić information content (AvgIpc) is 3.10. The minimum absolute atomic E-state index is 0.0188. The van der Waals surface area contributed by atoms with Crippen molar-refractivity contribution >= 4 is 26.9 Å². The molecule has 4 rings (SSSR count). The van der Waals surface area contributed by atoms with Crippen LogP contribution < -0.4 is 4.18 Å². The molecule has 0 aliphatic carbocycles. The third-order valence-electron chi connectivity index (χ3n) is 4.31. The maximum atomic E-state index is 12.8. The molecular weight excluding hydrogens is 390 g/mol. The number of hydrogen-bond donors (Lipinski definition) is 0. The molecule has 0 atom stereocenters. The zero-order chi connectivity index (χ0) is 20.4. The summed E-state index contributed by atoms with van der Waals surface area (Å²) in [7, 11) is -4.07. The highest BCUT2D eigenvalue weighted by Gasteiger charge is 2.21. The van der Waals surface area contributed by atoms with Crippen molar-refractivity contribution in [3.05, 3.63) is 83.9 Å². The number of benzene rings is 3. The number of rotatable bonds is 6. The molecule has 0 saturated carbocycles. The van der Waals surface area contributed by atoms with E-state index in [2.05, 4.69) is 10.2 Å². The summed E-state index contributed by atoms with van der Waals surface area (Å²) in [6.45, 7) is 1.72. The molecule has 3 aromatic carbocycles. The summed E-state index contributed by atoms with van der Waals surface area (Å²) in [6.07, 6.45) is 0. The lowest BCUT2D eigenvalue weighted by atomic mass is 10.1. The summed E-state index contributed by atoms with van der Waals surface area (Å²) < 4.78 is 30.5. The number of para-hydroxylation sites is 1. The summed E-state index contributed by atoms with van der Waals surface area (Å²) >= 11 is 0. The molecule has 7 nitrogen and oxygen atoms in total. The maximum Gasteiger partial charge on any atom is 0.339 e. The van der Waals surface area contributed by atoms with Gasteiger partial charge in [-0.3, -0.25) is 4.79 Å². The second kappa shape index (κ2) is 7.48. The molecule has 4 aromatic rings. The lowest BCUT2D eigenvalue weighted by Gasteiger charge is -2.11. The summed E-state index contributed by atoms with van der Waals surface area (Å²) in [5.41, 5.74) is 2.42. The third-order valence-corrected chi connectivity index (χ3v) is 5.56. The number of nitrogens with zero attached hydrogens (tertiary/aromatic N) is 3. The lowest BCUT2D eigenvalue weighted by molar-refractivity contribution is 0.0961. The zero-order valence-corrected chi connectivity index (χ0v) is 16.3. The van der Waals surface area contributed by atoms with Crippen molar-refractivity contribution in [2.45, 2.75) is 18.4 Å². The minimum Gasteiger partial charge on any atom is -0.378 e. The summed E-state index contributed by atoms with van der Waals surface area (Å²) in [6, 6.07) is 19.8. The van der Waals surface area contributed by atoms with Gasteiger partial charge in [-0.2, -0.15) is 23.4 Å². The Morgan fingerprint density at radius 1 is 0.897 bits per heavy atom. The predicted octanol–water partition coefficient (Wildman–Crippen LogP) is 3.39. The van der Waals surface area contributed by atoms with Crippen LogP contribution in [0.1, 0.15) is 15.9 Å². The number of fused-ring (bicyclic) bond motifs is 1. The topological polar surface area (TPSA) is 91.2 Å². The molecule has 0 aliphatic heterocycles. The molecule has 0 amide bonds. The molecule has 0 spiro atoms. The van der Waals surface area contributed by atoms with Gasteiger partial charge >= 0.3 is 10.1 Å². The van der Waals surface area contributed by atoms with Crippen LogP contribution >= 0.6 is 0 Å². The molecule has 29 heavy (non-hydrogen) atoms. The first-order valence-electron chi connectivity index (χ1n) is 8.86. The first kappa shape index (κ1) is 18.8. The number of ketones is 1. The normalized spacial score (nSPS) is 11.5. The quantitative estimate of drug-likeness (QED) is 0.359. The Hall–Kier alpha value is -3.52. The van der Waals surface area contributed by atoms with E-state index in [1.165, 1.54) is 29.1 Å². The van der Waals surface area contributed by atoms with Crippen LogP contribution in [0, 0.1) is 6.92 Å². The van der Waals surface area contributed by atoms with Crippen molar-refractivity contribution in [3.8, 4) is 5.75 Å². The fourth-order valence-electron chi connectivity index (χ4n) is 2.83. The Bertz CT molecular complexity index is 1260. The zero-order valence-electron chi connectivity index (χ0n) is 15.5. The molecule has 0 bridgehead atoms. The highest BCUT2D eigenvalue weighted by Crippen LogP contribution is 2.24. The first-order valence-corrected chi connectivity index (χ1v) is 10.3. The molecule has 1 heterocycles. The molecule has 0 unspecified atom stereocenters. The molecule has 0 radical (unpaired) electrons. The van der Waals surface area contributed by atoms with Gasteiger partial charge in [0.15, 0.2) is 11.5 Å². The van der Waals surface area contributed by atoms with Gasteiger partial charge in [0.25, 0.3) is 0 Å². The van der Waals surface area contributed by atoms with E-state index in [-0.39, 0.29) is 28.5 Å². The van der Waals surface area contributed by atoms with Crippen LogP contribution in [0.4, 0.5) is 0 Å². The van der Waals surface area contributed by atoms with E-state index >= 15 is 0 Å². The van der Waals surface area contributed by atoms with Crippen LogP contribution in [0.5, 0.6) is 5.75 Å². The van der Waals surface area contributed by atoms with Crippen molar-refractivity contribution in [1.29, 1.82) is 0 Å². The van der Waals surface area contributed by atoms with E-state index in [4.69, 9.17) is 4.18 Å². The number of carbonyl (C=O) groups excluding carboxylic acids is 1. The van der Waals surface area contributed by atoms with Gasteiger partial charge in [-0.05, 0) is 43.3 Å². The maximum absolute atomic E-state index is 12.8. The lowest BCUT2D eigenvalue weighted by Crippen LogP contribution is -2.16. The second-order valence-electron chi connectivity index (χ2n) is 6.49. The van der Waals surface area contributed by atoms with Gasteiger partial charge in [-0.25, -0.2) is 0 Å². The minimum atomic E-state index is -4.07. The van der Waals surface area contributed by atoms with E-state index in [0.717, 1.165) is 5.56 Å². The van der Waals surface area contributed by atoms with Gasteiger partial charge < -0.3 is 4.18 Å². The monoisotopic (exact) mass is 407 g/mol. The first-order chi connectivity index (χ1) is 13.9. The van der Waals surface area contributed by atoms with E-state index in [1.54, 1.807) is 36.4 Å². The van der Waals surface area contributed by atoms with Gasteiger partial charge in [0.05, 0.1) is 5.56 Å². The molecule has 8 heteroatoms. The van der Waals surface area contributed by atoms with Crippen LogP contribution in [0.15, 0.2) is 77.7 Å². The van der Waals surface area contributed by atoms with Gasteiger partial charge in [-0.1, -0.05) is 42.0 Å². The van der Waals surface area contributed by atoms with Gasteiger partial charge in [0.1, 0.15) is 22.5 Å². The largest absolute Gasteiger partial charge is 0.378 e. The summed E-state index contributed by atoms with van der Waals surface area (Å²) in [5.74, 6) is -0.394. The fraction of sp³-hybridized carbons (Fsp3) is 0.0952. The van der Waals surface area contributed by atoms with Crippen molar-refractivity contribution < 1.29 is 17.4 Å². The van der Waals surface area contributed by atoms with Crippen molar-refractivity contribution in [2.75, 3.05) is 0 Å². The second-order valence-corrected chi connectivity index (χ2v) is 8.04. The Labute approximate surface area is 167 Å². The van der Waals surface area contributed by atoms with Crippen LogP contribution in [0.2, 0.25) is 0 Å². The number of Topliss-reactive ketones (excluding diaryl/α,β-unsaturated/α-hetero) is 1. The Morgan fingerprint density at radius 3 is 2.14 bits per heavy atom. The molecule has 0 N–H and O–H groups in total. The predicted molar refractivity (Wildman–Crippen MR) is 107 cm³/mol. The standard InChI is InChI=1S/C21H17N3O4S/c1-15-10-12-16(13-11-15)29(26,27)28-21-9-5-2-6-17(21)20(25)14-24-22-18-7-3-4-8-19(18)23-24/h2-13H,14H2,1H3. The molecular formula is C21H17N3O4S. The molecule has 1 aromatic heterocycles. The Morgan fingerprint density at radius 2 is 1.48 bits per heavy atom. The summed E-state index contributed by atoms with van der Waals surface area (Å²) in [5, 5.41) is 8.53. The van der Waals surface area contributed by atoms with E-state index in [9.17, 15) is 13.2 Å². The van der Waals surface area contributed by atoms with Gasteiger partial charge in [0, 0.05) is 0 Å². The van der Waals surface area contributed by atoms with Gasteiger partial charge in [0.2, 0.25) is 0 Å². The van der Waals surface area contributed by atoms with E-state index < -0.39 is 10.1 Å². The van der Waals surface area contributed by atoms with Crippen molar-refractivity contribution in [1.82, 2.24) is 15.0 Å². The Balaban J connectivity index is 1.60. The highest BCUT2D eigenvalue weighted by atomic mass is 32.2. The smallest absolute Gasteiger partial charge is 0.339 e. The molecule has 0 aliphatic rings. The van der Waals surface area contributed by atoms with Crippen LogP contribution in [0.25, 0.3) is 11.0 Å². The molecule has 0 saturated heterocycles. The number of aryl methyl sites for hydroxylation is 1. The number of aromatic nitrogens is 3. The SMILES string of the molecule is Cc1ccc(S(=O)(=O)Oc2ccccc2C(=O)Cn2nc3ccccc3n2)cc1. The third kappa shape index (κ3) is 4.02.